The molecule has 6 heteroatoms. The van der Waals surface area contributed by atoms with Gasteiger partial charge < -0.3 is 5.11 Å². The van der Waals surface area contributed by atoms with Gasteiger partial charge in [-0.1, -0.05) is 12.1 Å². The topological polar surface area (TPSA) is 61.1 Å². The second kappa shape index (κ2) is 4.70. The number of nitriles is 1. The monoisotopic (exact) mass is 241 g/mol. The number of rotatable bonds is 2. The lowest BCUT2D eigenvalue weighted by Gasteiger charge is -2.06. The van der Waals surface area contributed by atoms with Gasteiger partial charge in [0.1, 0.15) is 11.6 Å². The van der Waals surface area contributed by atoms with Gasteiger partial charge in [-0.25, -0.2) is 4.79 Å². The molecule has 0 aliphatic carbocycles. The molecule has 0 saturated heterocycles. The first-order chi connectivity index (χ1) is 7.84. The molecule has 0 saturated carbocycles. The van der Waals surface area contributed by atoms with Crippen LogP contribution < -0.4 is 0 Å². The Balaban J connectivity index is 3.18. The van der Waals surface area contributed by atoms with E-state index in [-0.39, 0.29) is 5.56 Å². The number of nitrogens with zero attached hydrogens (tertiary/aromatic N) is 1. The molecule has 1 aromatic carbocycles. The Labute approximate surface area is 94.4 Å². The van der Waals surface area contributed by atoms with Gasteiger partial charge in [0.05, 0.1) is 5.56 Å². The Morgan fingerprint density at radius 2 is 2.06 bits per heavy atom. The molecule has 0 bridgehead atoms. The summed E-state index contributed by atoms with van der Waals surface area (Å²) in [6.45, 7) is 0. The normalized spacial score (nSPS) is 12.0. The zero-order chi connectivity index (χ0) is 13.1. The largest absolute Gasteiger partial charge is 0.477 e. The van der Waals surface area contributed by atoms with E-state index in [4.69, 9.17) is 10.4 Å². The van der Waals surface area contributed by atoms with Crippen molar-refractivity contribution >= 4 is 12.0 Å². The molecular formula is C11H6F3NO2. The first kappa shape index (κ1) is 12.8. The van der Waals surface area contributed by atoms with Gasteiger partial charge in [-0.05, 0) is 23.8 Å². The molecule has 1 N–H and O–H groups in total. The van der Waals surface area contributed by atoms with Crippen LogP contribution in [0.5, 0.6) is 0 Å². The minimum Gasteiger partial charge on any atom is -0.477 e. The minimum absolute atomic E-state index is 0.0128. The van der Waals surface area contributed by atoms with Crippen molar-refractivity contribution in [3.8, 4) is 6.07 Å². The van der Waals surface area contributed by atoms with E-state index in [1.165, 1.54) is 12.1 Å². The summed E-state index contributed by atoms with van der Waals surface area (Å²) in [5, 5.41) is 17.0. The van der Waals surface area contributed by atoms with Crippen LogP contribution in [0.25, 0.3) is 6.08 Å². The molecule has 0 aliphatic heterocycles. The summed E-state index contributed by atoms with van der Waals surface area (Å²) in [5.41, 5.74) is -1.50. The second-order valence-electron chi connectivity index (χ2n) is 3.10. The van der Waals surface area contributed by atoms with Crippen molar-refractivity contribution in [3.05, 3.63) is 41.0 Å². The van der Waals surface area contributed by atoms with Crippen LogP contribution in [0.3, 0.4) is 0 Å². The van der Waals surface area contributed by atoms with Crippen molar-refractivity contribution in [2.45, 2.75) is 6.18 Å². The number of benzene rings is 1. The van der Waals surface area contributed by atoms with Gasteiger partial charge in [0.2, 0.25) is 0 Å². The van der Waals surface area contributed by atoms with Gasteiger partial charge in [-0.15, -0.1) is 0 Å². The molecule has 0 amide bonds. The maximum Gasteiger partial charge on any atom is 0.416 e. The van der Waals surface area contributed by atoms with E-state index < -0.39 is 23.3 Å². The quantitative estimate of drug-likeness (QED) is 0.639. The predicted molar refractivity (Wildman–Crippen MR) is 52.7 cm³/mol. The van der Waals surface area contributed by atoms with Crippen LogP contribution in [-0.2, 0) is 11.0 Å². The van der Waals surface area contributed by atoms with E-state index >= 15 is 0 Å². The van der Waals surface area contributed by atoms with Crippen LogP contribution in [0.4, 0.5) is 13.2 Å². The number of hydrogen-bond acceptors (Lipinski definition) is 2. The summed E-state index contributed by atoms with van der Waals surface area (Å²) in [5.74, 6) is -1.48. The van der Waals surface area contributed by atoms with Gasteiger partial charge in [0.25, 0.3) is 0 Å². The van der Waals surface area contributed by atoms with Gasteiger partial charge in [-0.2, -0.15) is 18.4 Å². The third-order valence-corrected chi connectivity index (χ3v) is 1.88. The molecule has 3 nitrogen and oxygen atoms in total. The third-order valence-electron chi connectivity index (χ3n) is 1.88. The average Bonchev–Trinajstić information content (AvgIpc) is 2.24. The van der Waals surface area contributed by atoms with Gasteiger partial charge in [-0.3, -0.25) is 0 Å². The summed E-state index contributed by atoms with van der Waals surface area (Å²) >= 11 is 0. The van der Waals surface area contributed by atoms with Crippen LogP contribution in [0.15, 0.2) is 29.8 Å². The van der Waals surface area contributed by atoms with Gasteiger partial charge >= 0.3 is 12.1 Å². The second-order valence-corrected chi connectivity index (χ2v) is 3.10. The highest BCUT2D eigenvalue weighted by atomic mass is 19.4. The Kier molecular flexibility index (Phi) is 3.53. The highest BCUT2D eigenvalue weighted by molar-refractivity contribution is 5.96. The Morgan fingerprint density at radius 1 is 1.41 bits per heavy atom. The summed E-state index contributed by atoms with van der Waals surface area (Å²) in [6.07, 6.45) is -3.61. The van der Waals surface area contributed by atoms with E-state index in [1.54, 1.807) is 0 Å². The fourth-order valence-electron chi connectivity index (χ4n) is 1.11. The van der Waals surface area contributed by atoms with Gasteiger partial charge in [0.15, 0.2) is 0 Å². The zero-order valence-corrected chi connectivity index (χ0v) is 8.32. The maximum atomic E-state index is 12.3. The number of carboxylic acid groups (broad SMARTS) is 1. The van der Waals surface area contributed by atoms with E-state index in [9.17, 15) is 18.0 Å². The minimum atomic E-state index is -4.50. The van der Waals surface area contributed by atoms with Crippen LogP contribution >= 0.6 is 0 Å². The summed E-state index contributed by atoms with van der Waals surface area (Å²) in [4.78, 5) is 10.5. The van der Waals surface area contributed by atoms with Crippen molar-refractivity contribution in [1.29, 1.82) is 5.26 Å². The first-order valence-corrected chi connectivity index (χ1v) is 4.37. The fourth-order valence-corrected chi connectivity index (χ4v) is 1.11. The van der Waals surface area contributed by atoms with E-state index in [0.717, 1.165) is 24.3 Å². The smallest absolute Gasteiger partial charge is 0.416 e. The average molecular weight is 241 g/mol. The number of carbonyl (C=O) groups is 1. The molecule has 0 unspecified atom stereocenters. The number of aliphatic carboxylic acids is 1. The maximum absolute atomic E-state index is 12.3. The molecule has 1 rings (SSSR count). The zero-order valence-electron chi connectivity index (χ0n) is 8.32. The molecule has 0 fully saturated rings. The van der Waals surface area contributed by atoms with Crippen LogP contribution in [-0.4, -0.2) is 11.1 Å². The SMILES string of the molecule is N#C/C(=C\c1cccc(C(F)(F)F)c1)C(=O)O. The molecule has 17 heavy (non-hydrogen) atoms. The molecule has 1 aromatic rings. The molecule has 0 aromatic heterocycles. The van der Waals surface area contributed by atoms with Crippen molar-refractivity contribution in [2.24, 2.45) is 0 Å². The highest BCUT2D eigenvalue weighted by Crippen LogP contribution is 2.29. The standard InChI is InChI=1S/C11H6F3NO2/c12-11(13,14)9-3-1-2-7(5-9)4-8(6-15)10(16)17/h1-5H,(H,16,17)/b8-4+. The lowest BCUT2D eigenvalue weighted by molar-refractivity contribution is -0.137. The van der Waals surface area contributed by atoms with Crippen molar-refractivity contribution < 1.29 is 23.1 Å². The van der Waals surface area contributed by atoms with Crippen molar-refractivity contribution in [1.82, 2.24) is 0 Å². The third kappa shape index (κ3) is 3.34. The molecule has 0 spiro atoms. The summed E-state index contributed by atoms with van der Waals surface area (Å²) in [6, 6.07) is 5.46. The summed E-state index contributed by atoms with van der Waals surface area (Å²) < 4.78 is 37.0. The van der Waals surface area contributed by atoms with Crippen molar-refractivity contribution in [2.75, 3.05) is 0 Å². The van der Waals surface area contributed by atoms with Gasteiger partial charge in [0, 0.05) is 0 Å². The molecule has 88 valence electrons. The number of carboxylic acids is 1. The Hall–Kier alpha value is -2.29. The lowest BCUT2D eigenvalue weighted by Crippen LogP contribution is -2.04. The lowest BCUT2D eigenvalue weighted by atomic mass is 10.1. The van der Waals surface area contributed by atoms with Crippen LogP contribution in [0.2, 0.25) is 0 Å². The first-order valence-electron chi connectivity index (χ1n) is 4.37. The van der Waals surface area contributed by atoms with E-state index in [0.29, 0.717) is 0 Å². The van der Waals surface area contributed by atoms with Crippen LogP contribution in [0, 0.1) is 11.3 Å². The molecule has 0 heterocycles. The molecule has 0 aliphatic rings. The number of alkyl halides is 3. The Bertz CT molecular complexity index is 512. The van der Waals surface area contributed by atoms with Crippen LogP contribution in [0.1, 0.15) is 11.1 Å². The van der Waals surface area contributed by atoms with E-state index in [2.05, 4.69) is 0 Å². The van der Waals surface area contributed by atoms with Crippen molar-refractivity contribution in [3.63, 3.8) is 0 Å². The Morgan fingerprint density at radius 3 is 2.53 bits per heavy atom. The predicted octanol–water partition coefficient (Wildman–Crippen LogP) is 2.70. The fraction of sp³-hybridized carbons (Fsp3) is 0.0909. The molecule has 0 radical (unpaired) electrons. The number of halogens is 3. The number of hydrogen-bond donors (Lipinski definition) is 1. The molecule has 0 atom stereocenters. The highest BCUT2D eigenvalue weighted by Gasteiger charge is 2.30. The summed E-state index contributed by atoms with van der Waals surface area (Å²) in [7, 11) is 0. The molecular weight excluding hydrogens is 235 g/mol. The van der Waals surface area contributed by atoms with E-state index in [1.807, 2.05) is 0 Å².